The Bertz CT molecular complexity index is 489. The molecule has 2 aromatic rings. The number of nitrogens with two attached hydrogens (primary N) is 2. The van der Waals surface area contributed by atoms with E-state index in [-0.39, 0.29) is 0 Å². The molecule has 2 heteroatoms. The second-order valence-corrected chi connectivity index (χ2v) is 3.83. The van der Waals surface area contributed by atoms with Gasteiger partial charge in [-0.15, -0.1) is 0 Å². The van der Waals surface area contributed by atoms with Gasteiger partial charge in [-0.2, -0.15) is 0 Å². The van der Waals surface area contributed by atoms with Crippen LogP contribution in [0.2, 0.25) is 0 Å². The third-order valence-electron chi connectivity index (χ3n) is 2.75. The van der Waals surface area contributed by atoms with Crippen LogP contribution in [0.1, 0.15) is 18.9 Å². The molecule has 2 rings (SSSR count). The van der Waals surface area contributed by atoms with Gasteiger partial charge in [0.05, 0.1) is 0 Å². The van der Waals surface area contributed by atoms with E-state index in [2.05, 4.69) is 19.1 Å². The molecule has 0 aromatic heterocycles. The second-order valence-electron chi connectivity index (χ2n) is 3.83. The molecule has 0 bridgehead atoms. The van der Waals surface area contributed by atoms with Crippen LogP contribution >= 0.6 is 0 Å². The van der Waals surface area contributed by atoms with Crippen LogP contribution in [0, 0.1) is 0 Å². The van der Waals surface area contributed by atoms with Crippen LogP contribution in [-0.2, 0) is 6.42 Å². The van der Waals surface area contributed by atoms with Crippen molar-refractivity contribution < 1.29 is 0 Å². The Morgan fingerprint density at radius 2 is 1.80 bits per heavy atom. The summed E-state index contributed by atoms with van der Waals surface area (Å²) in [5.74, 6) is 0. The van der Waals surface area contributed by atoms with Gasteiger partial charge >= 0.3 is 0 Å². The zero-order valence-electron chi connectivity index (χ0n) is 8.96. The third kappa shape index (κ3) is 1.63. The van der Waals surface area contributed by atoms with E-state index in [4.69, 9.17) is 11.5 Å². The average Bonchev–Trinajstić information content (AvgIpc) is 2.23. The van der Waals surface area contributed by atoms with Crippen LogP contribution in [0.5, 0.6) is 0 Å². The summed E-state index contributed by atoms with van der Waals surface area (Å²) in [7, 11) is 0. The zero-order valence-corrected chi connectivity index (χ0v) is 8.96. The van der Waals surface area contributed by atoms with Gasteiger partial charge in [0.2, 0.25) is 0 Å². The number of benzene rings is 2. The van der Waals surface area contributed by atoms with E-state index in [1.165, 1.54) is 5.56 Å². The largest absolute Gasteiger partial charge is 0.398 e. The maximum Gasteiger partial charge on any atom is 0.0427 e. The number of hydrogen-bond donors (Lipinski definition) is 2. The van der Waals surface area contributed by atoms with Gasteiger partial charge in [-0.1, -0.05) is 37.6 Å². The fourth-order valence-electron chi connectivity index (χ4n) is 1.94. The Labute approximate surface area is 89.9 Å². The molecular formula is C13H16N2. The number of aryl methyl sites for hydroxylation is 1. The van der Waals surface area contributed by atoms with Crippen LogP contribution in [-0.4, -0.2) is 0 Å². The molecule has 15 heavy (non-hydrogen) atoms. The molecule has 0 aliphatic heterocycles. The second kappa shape index (κ2) is 3.81. The van der Waals surface area contributed by atoms with Crippen LogP contribution in [0.15, 0.2) is 30.3 Å². The van der Waals surface area contributed by atoms with Crippen molar-refractivity contribution in [3.8, 4) is 0 Å². The van der Waals surface area contributed by atoms with Crippen molar-refractivity contribution in [2.75, 3.05) is 11.5 Å². The van der Waals surface area contributed by atoms with Gasteiger partial charge in [0.15, 0.2) is 0 Å². The SMILES string of the molecule is CCCc1ccc2c(N)cccc2c1N. The Morgan fingerprint density at radius 1 is 1.00 bits per heavy atom. The minimum Gasteiger partial charge on any atom is -0.398 e. The molecule has 2 aromatic carbocycles. The first kappa shape index (κ1) is 9.84. The summed E-state index contributed by atoms with van der Waals surface area (Å²) in [6.07, 6.45) is 2.13. The third-order valence-corrected chi connectivity index (χ3v) is 2.75. The van der Waals surface area contributed by atoms with E-state index >= 15 is 0 Å². The maximum absolute atomic E-state index is 6.12. The van der Waals surface area contributed by atoms with Crippen LogP contribution in [0.3, 0.4) is 0 Å². The molecule has 0 unspecified atom stereocenters. The lowest BCUT2D eigenvalue weighted by molar-refractivity contribution is 0.926. The predicted molar refractivity (Wildman–Crippen MR) is 66.8 cm³/mol. The van der Waals surface area contributed by atoms with E-state index in [0.717, 1.165) is 35.0 Å². The van der Waals surface area contributed by atoms with Gasteiger partial charge in [0.25, 0.3) is 0 Å². The van der Waals surface area contributed by atoms with E-state index in [1.807, 2.05) is 18.2 Å². The molecule has 0 atom stereocenters. The van der Waals surface area contributed by atoms with Crippen molar-refractivity contribution in [2.45, 2.75) is 19.8 Å². The molecular weight excluding hydrogens is 184 g/mol. The minimum absolute atomic E-state index is 0.794. The Morgan fingerprint density at radius 3 is 2.53 bits per heavy atom. The van der Waals surface area contributed by atoms with E-state index in [1.54, 1.807) is 0 Å². The lowest BCUT2D eigenvalue weighted by Crippen LogP contribution is -1.96. The van der Waals surface area contributed by atoms with Crippen molar-refractivity contribution in [2.24, 2.45) is 0 Å². The highest BCUT2D eigenvalue weighted by Gasteiger charge is 2.04. The fraction of sp³-hybridized carbons (Fsp3) is 0.231. The molecule has 0 amide bonds. The summed E-state index contributed by atoms with van der Waals surface area (Å²) in [5.41, 5.74) is 14.9. The van der Waals surface area contributed by atoms with Crippen molar-refractivity contribution in [1.29, 1.82) is 0 Å². The van der Waals surface area contributed by atoms with Gasteiger partial charge in [-0.25, -0.2) is 0 Å². The average molecular weight is 200 g/mol. The van der Waals surface area contributed by atoms with Crippen molar-refractivity contribution in [3.05, 3.63) is 35.9 Å². The molecule has 2 nitrogen and oxygen atoms in total. The van der Waals surface area contributed by atoms with Gasteiger partial charge in [-0.05, 0) is 18.1 Å². The topological polar surface area (TPSA) is 52.0 Å². The van der Waals surface area contributed by atoms with E-state index in [9.17, 15) is 0 Å². The van der Waals surface area contributed by atoms with Crippen LogP contribution in [0.4, 0.5) is 11.4 Å². The molecule has 0 saturated carbocycles. The summed E-state index contributed by atoms with van der Waals surface area (Å²) in [6.45, 7) is 2.16. The number of rotatable bonds is 2. The lowest BCUT2D eigenvalue weighted by Gasteiger charge is -2.09. The van der Waals surface area contributed by atoms with Crippen molar-refractivity contribution in [3.63, 3.8) is 0 Å². The molecule has 0 spiro atoms. The minimum atomic E-state index is 0.794. The van der Waals surface area contributed by atoms with Crippen LogP contribution in [0.25, 0.3) is 10.8 Å². The smallest absolute Gasteiger partial charge is 0.0427 e. The molecule has 0 radical (unpaired) electrons. The lowest BCUT2D eigenvalue weighted by atomic mass is 10.0. The maximum atomic E-state index is 6.12. The predicted octanol–water partition coefficient (Wildman–Crippen LogP) is 2.96. The highest BCUT2D eigenvalue weighted by Crippen LogP contribution is 2.29. The van der Waals surface area contributed by atoms with Crippen LogP contribution < -0.4 is 11.5 Å². The quantitative estimate of drug-likeness (QED) is 0.732. The normalized spacial score (nSPS) is 10.7. The first-order valence-corrected chi connectivity index (χ1v) is 5.29. The first-order chi connectivity index (χ1) is 7.24. The fourth-order valence-corrected chi connectivity index (χ4v) is 1.94. The Hall–Kier alpha value is -1.70. The van der Waals surface area contributed by atoms with Crippen molar-refractivity contribution >= 4 is 22.1 Å². The van der Waals surface area contributed by atoms with Gasteiger partial charge < -0.3 is 11.5 Å². The standard InChI is InChI=1S/C13H16N2/c1-2-4-9-7-8-10-11(13(9)15)5-3-6-12(10)14/h3,5-8H,2,4,14-15H2,1H3. The molecule has 0 aliphatic rings. The van der Waals surface area contributed by atoms with E-state index in [0.29, 0.717) is 0 Å². The Kier molecular flexibility index (Phi) is 2.50. The molecule has 0 heterocycles. The Balaban J connectivity index is 2.68. The van der Waals surface area contributed by atoms with Crippen molar-refractivity contribution in [1.82, 2.24) is 0 Å². The molecule has 0 saturated heterocycles. The van der Waals surface area contributed by atoms with Gasteiger partial charge in [0.1, 0.15) is 0 Å². The molecule has 0 aliphatic carbocycles. The highest BCUT2D eigenvalue weighted by molar-refractivity contribution is 6.01. The monoisotopic (exact) mass is 200 g/mol. The summed E-state index contributed by atoms with van der Waals surface area (Å²) in [5, 5.41) is 2.12. The molecule has 0 fully saturated rings. The molecule has 78 valence electrons. The zero-order chi connectivity index (χ0) is 10.8. The molecule has 4 N–H and O–H groups in total. The highest BCUT2D eigenvalue weighted by atomic mass is 14.6. The van der Waals surface area contributed by atoms with Gasteiger partial charge in [-0.3, -0.25) is 0 Å². The summed E-state index contributed by atoms with van der Waals surface area (Å²) in [6, 6.07) is 10.0. The van der Waals surface area contributed by atoms with Gasteiger partial charge in [0, 0.05) is 22.1 Å². The number of nitrogen functional groups attached to an aromatic ring is 2. The number of hydrogen-bond acceptors (Lipinski definition) is 2. The summed E-state index contributed by atoms with van der Waals surface area (Å²) in [4.78, 5) is 0. The number of fused-ring (bicyclic) bond motifs is 1. The van der Waals surface area contributed by atoms with E-state index < -0.39 is 0 Å². The number of anilines is 2. The summed E-state index contributed by atoms with van der Waals surface area (Å²) < 4.78 is 0. The first-order valence-electron chi connectivity index (χ1n) is 5.29. The summed E-state index contributed by atoms with van der Waals surface area (Å²) >= 11 is 0.